The van der Waals surface area contributed by atoms with Gasteiger partial charge in [-0.25, -0.2) is 0 Å². The highest BCUT2D eigenvalue weighted by Crippen LogP contribution is 2.24. The molecule has 2 aromatic carbocycles. The molecule has 118 valence electrons. The largest absolute Gasteiger partial charge is 0.492 e. The Bertz CT molecular complexity index is 841. The van der Waals surface area contributed by atoms with Crippen LogP contribution in [0.1, 0.15) is 6.92 Å². The molecule has 6 heteroatoms. The Hall–Kier alpha value is -3.02. The Morgan fingerprint density at radius 3 is 2.96 bits per heavy atom. The Morgan fingerprint density at radius 2 is 2.13 bits per heavy atom. The molecule has 0 spiro atoms. The molecule has 0 saturated carbocycles. The molecule has 0 aliphatic carbocycles. The van der Waals surface area contributed by atoms with Crippen molar-refractivity contribution in [1.29, 1.82) is 0 Å². The quantitative estimate of drug-likeness (QED) is 0.710. The minimum absolute atomic E-state index is 0.105. The molecule has 0 unspecified atom stereocenters. The number of nitrogens with two attached hydrogens (primary N) is 1. The zero-order valence-electron chi connectivity index (χ0n) is 12.8. The Balaban J connectivity index is 1.78. The van der Waals surface area contributed by atoms with Crippen molar-refractivity contribution >= 4 is 28.2 Å². The number of anilines is 2. The predicted octanol–water partition coefficient (Wildman–Crippen LogP) is 2.66. The van der Waals surface area contributed by atoms with Crippen LogP contribution in [0, 0.1) is 0 Å². The van der Waals surface area contributed by atoms with Gasteiger partial charge < -0.3 is 15.8 Å². The van der Waals surface area contributed by atoms with Crippen molar-refractivity contribution in [3.8, 4) is 5.75 Å². The highest BCUT2D eigenvalue weighted by molar-refractivity contribution is 5.93. The van der Waals surface area contributed by atoms with E-state index in [4.69, 9.17) is 10.5 Å². The number of carbonyl (C=O) groups excluding carboxylic acids is 1. The molecule has 1 aromatic heterocycles. The fourth-order valence-corrected chi connectivity index (χ4v) is 2.39. The van der Waals surface area contributed by atoms with Gasteiger partial charge >= 0.3 is 0 Å². The SMILES string of the molecule is CCOc1ccccc1NC(=O)Cn1ncc2ccc(N)cc21. The molecule has 3 N–H and O–H groups in total. The molecule has 0 bridgehead atoms. The van der Waals surface area contributed by atoms with Crippen LogP contribution in [-0.2, 0) is 11.3 Å². The van der Waals surface area contributed by atoms with Crippen molar-refractivity contribution in [2.45, 2.75) is 13.5 Å². The van der Waals surface area contributed by atoms with E-state index in [2.05, 4.69) is 10.4 Å². The molecule has 3 aromatic rings. The topological polar surface area (TPSA) is 82.2 Å². The number of carbonyl (C=O) groups is 1. The summed E-state index contributed by atoms with van der Waals surface area (Å²) in [5, 5.41) is 8.05. The molecule has 0 atom stereocenters. The first-order valence-corrected chi connectivity index (χ1v) is 7.40. The summed E-state index contributed by atoms with van der Waals surface area (Å²) in [6.07, 6.45) is 1.72. The van der Waals surface area contributed by atoms with Crippen molar-refractivity contribution in [2.75, 3.05) is 17.7 Å². The van der Waals surface area contributed by atoms with Crippen molar-refractivity contribution in [3.63, 3.8) is 0 Å². The summed E-state index contributed by atoms with van der Waals surface area (Å²) in [5.41, 5.74) is 7.92. The molecule has 1 amide bonds. The van der Waals surface area contributed by atoms with E-state index in [1.165, 1.54) is 0 Å². The summed E-state index contributed by atoms with van der Waals surface area (Å²) in [4.78, 5) is 12.3. The molecule has 0 aliphatic rings. The summed E-state index contributed by atoms with van der Waals surface area (Å²) in [6, 6.07) is 12.9. The summed E-state index contributed by atoms with van der Waals surface area (Å²) in [6.45, 7) is 2.54. The van der Waals surface area contributed by atoms with E-state index in [1.54, 1.807) is 10.9 Å². The highest BCUT2D eigenvalue weighted by Gasteiger charge is 2.10. The second kappa shape index (κ2) is 6.39. The van der Waals surface area contributed by atoms with Crippen molar-refractivity contribution in [1.82, 2.24) is 9.78 Å². The summed E-state index contributed by atoms with van der Waals surface area (Å²) in [7, 11) is 0. The zero-order chi connectivity index (χ0) is 16.2. The van der Waals surface area contributed by atoms with Gasteiger partial charge in [0.1, 0.15) is 12.3 Å². The lowest BCUT2D eigenvalue weighted by Crippen LogP contribution is -2.19. The van der Waals surface area contributed by atoms with E-state index in [1.807, 2.05) is 49.4 Å². The molecule has 3 rings (SSSR count). The van der Waals surface area contributed by atoms with E-state index in [-0.39, 0.29) is 12.5 Å². The van der Waals surface area contributed by atoms with Gasteiger partial charge in [-0.1, -0.05) is 12.1 Å². The van der Waals surface area contributed by atoms with Crippen LogP contribution in [0.15, 0.2) is 48.7 Å². The maximum absolute atomic E-state index is 12.3. The number of para-hydroxylation sites is 2. The summed E-state index contributed by atoms with van der Waals surface area (Å²) >= 11 is 0. The fraction of sp³-hybridized carbons (Fsp3) is 0.176. The maximum atomic E-state index is 12.3. The molecular formula is C17H18N4O2. The number of benzene rings is 2. The predicted molar refractivity (Wildman–Crippen MR) is 90.4 cm³/mol. The molecule has 0 saturated heterocycles. The number of rotatable bonds is 5. The first-order valence-electron chi connectivity index (χ1n) is 7.40. The van der Waals surface area contributed by atoms with Gasteiger partial charge in [-0.2, -0.15) is 5.10 Å². The second-order valence-corrected chi connectivity index (χ2v) is 5.10. The first kappa shape index (κ1) is 14.9. The number of nitrogens with zero attached hydrogens (tertiary/aromatic N) is 2. The van der Waals surface area contributed by atoms with Gasteiger partial charge in [-0.3, -0.25) is 9.48 Å². The van der Waals surface area contributed by atoms with Gasteiger partial charge in [0.15, 0.2) is 0 Å². The summed E-state index contributed by atoms with van der Waals surface area (Å²) in [5.74, 6) is 0.475. The summed E-state index contributed by atoms with van der Waals surface area (Å²) < 4.78 is 7.13. The van der Waals surface area contributed by atoms with Crippen LogP contribution in [0.3, 0.4) is 0 Å². The van der Waals surface area contributed by atoms with Gasteiger partial charge in [0.25, 0.3) is 0 Å². The van der Waals surface area contributed by atoms with Crippen LogP contribution >= 0.6 is 0 Å². The molecule has 0 fully saturated rings. The van der Waals surface area contributed by atoms with Gasteiger partial charge in [-0.15, -0.1) is 0 Å². The van der Waals surface area contributed by atoms with E-state index < -0.39 is 0 Å². The number of amides is 1. The van der Waals surface area contributed by atoms with Crippen LogP contribution in [0.2, 0.25) is 0 Å². The second-order valence-electron chi connectivity index (χ2n) is 5.10. The minimum atomic E-state index is -0.176. The number of fused-ring (bicyclic) bond motifs is 1. The lowest BCUT2D eigenvalue weighted by Gasteiger charge is -2.11. The van der Waals surface area contributed by atoms with Crippen LogP contribution in [0.25, 0.3) is 10.9 Å². The number of aromatic nitrogens is 2. The highest BCUT2D eigenvalue weighted by atomic mass is 16.5. The van der Waals surface area contributed by atoms with E-state index in [9.17, 15) is 4.79 Å². The Labute approximate surface area is 133 Å². The van der Waals surface area contributed by atoms with E-state index in [0.29, 0.717) is 23.7 Å². The van der Waals surface area contributed by atoms with Crippen LogP contribution in [0.5, 0.6) is 5.75 Å². The standard InChI is InChI=1S/C17H18N4O2/c1-2-23-16-6-4-3-5-14(16)20-17(22)11-21-15-9-13(18)8-7-12(15)10-19-21/h3-10H,2,11,18H2,1H3,(H,20,22). The molecular weight excluding hydrogens is 292 g/mol. The number of nitrogen functional groups attached to an aromatic ring is 1. The Morgan fingerprint density at radius 1 is 1.30 bits per heavy atom. The Kier molecular flexibility index (Phi) is 4.14. The zero-order valence-corrected chi connectivity index (χ0v) is 12.8. The van der Waals surface area contributed by atoms with Crippen molar-refractivity contribution in [3.05, 3.63) is 48.7 Å². The monoisotopic (exact) mass is 310 g/mol. The number of hydrogen-bond acceptors (Lipinski definition) is 4. The third kappa shape index (κ3) is 3.26. The molecule has 23 heavy (non-hydrogen) atoms. The maximum Gasteiger partial charge on any atom is 0.246 e. The third-order valence-corrected chi connectivity index (χ3v) is 3.42. The number of hydrogen-bond donors (Lipinski definition) is 2. The van der Waals surface area contributed by atoms with Crippen LogP contribution < -0.4 is 15.8 Å². The average molecular weight is 310 g/mol. The first-order chi connectivity index (χ1) is 11.2. The number of ether oxygens (including phenoxy) is 1. The van der Waals surface area contributed by atoms with Gasteiger partial charge in [-0.05, 0) is 37.3 Å². The van der Waals surface area contributed by atoms with Gasteiger partial charge in [0, 0.05) is 11.1 Å². The number of nitrogens with one attached hydrogen (secondary N) is 1. The average Bonchev–Trinajstić information content (AvgIpc) is 2.92. The lowest BCUT2D eigenvalue weighted by molar-refractivity contribution is -0.116. The van der Waals surface area contributed by atoms with Crippen LogP contribution in [-0.4, -0.2) is 22.3 Å². The lowest BCUT2D eigenvalue weighted by atomic mass is 10.2. The smallest absolute Gasteiger partial charge is 0.246 e. The normalized spacial score (nSPS) is 10.7. The molecule has 1 heterocycles. The van der Waals surface area contributed by atoms with Crippen LogP contribution in [0.4, 0.5) is 11.4 Å². The van der Waals surface area contributed by atoms with Crippen molar-refractivity contribution < 1.29 is 9.53 Å². The molecule has 0 radical (unpaired) electrons. The van der Waals surface area contributed by atoms with Gasteiger partial charge in [0.05, 0.1) is 24.0 Å². The van der Waals surface area contributed by atoms with Gasteiger partial charge in [0.2, 0.25) is 5.91 Å². The van der Waals surface area contributed by atoms with E-state index >= 15 is 0 Å². The van der Waals surface area contributed by atoms with E-state index in [0.717, 1.165) is 10.9 Å². The molecule has 6 nitrogen and oxygen atoms in total. The fourth-order valence-electron chi connectivity index (χ4n) is 2.39. The third-order valence-electron chi connectivity index (χ3n) is 3.42. The minimum Gasteiger partial charge on any atom is -0.492 e. The van der Waals surface area contributed by atoms with Crippen molar-refractivity contribution in [2.24, 2.45) is 0 Å². The molecule has 0 aliphatic heterocycles.